The van der Waals surface area contributed by atoms with Crippen molar-refractivity contribution in [2.45, 2.75) is 39.3 Å². The monoisotopic (exact) mass is 540 g/mol. The van der Waals surface area contributed by atoms with Crippen molar-refractivity contribution in [2.75, 3.05) is 31.6 Å². The number of amides is 1. The Kier molecular flexibility index (Phi) is 10.3. The van der Waals surface area contributed by atoms with Crippen molar-refractivity contribution in [1.29, 1.82) is 0 Å². The van der Waals surface area contributed by atoms with E-state index < -0.39 is 0 Å². The van der Waals surface area contributed by atoms with Crippen LogP contribution in [-0.2, 0) is 23.1 Å². The van der Waals surface area contributed by atoms with Crippen molar-refractivity contribution in [3.8, 4) is 0 Å². The van der Waals surface area contributed by atoms with Crippen LogP contribution in [0.15, 0.2) is 41.7 Å². The number of aryl methyl sites for hydroxylation is 1. The third-order valence-electron chi connectivity index (χ3n) is 4.90. The lowest BCUT2D eigenvalue weighted by Crippen LogP contribution is -2.48. The van der Waals surface area contributed by atoms with Crippen molar-refractivity contribution >= 4 is 41.5 Å². The van der Waals surface area contributed by atoms with E-state index >= 15 is 0 Å². The lowest BCUT2D eigenvalue weighted by Gasteiger charge is -2.34. The molecule has 2 aromatic rings. The number of anilines is 1. The minimum absolute atomic E-state index is 0. The highest BCUT2D eigenvalue weighted by Gasteiger charge is 2.25. The first-order chi connectivity index (χ1) is 14.6. The standard InChI is InChI=1S/C22H32N6O2.HI/c1-4-7-21(29)26-19-9-6-8-17(12-19)13-24-22(23-5-2)28-10-11-30-20(16-28)18-14-25-27(3)15-18;/h6,8-9,12,14-15,20H,4-5,7,10-11,13,16H2,1-3H3,(H,23,24)(H,26,29);1H. The molecular formula is C22H33IN6O2. The summed E-state index contributed by atoms with van der Waals surface area (Å²) in [6.07, 6.45) is 5.20. The molecule has 2 N–H and O–H groups in total. The molecule has 0 radical (unpaired) electrons. The molecule has 0 bridgehead atoms. The van der Waals surface area contributed by atoms with Crippen LogP contribution in [0, 0.1) is 0 Å². The molecule has 1 aromatic heterocycles. The molecule has 3 rings (SSSR count). The summed E-state index contributed by atoms with van der Waals surface area (Å²) in [5.74, 6) is 0.913. The molecule has 8 nitrogen and oxygen atoms in total. The Hall–Kier alpha value is -2.14. The molecular weight excluding hydrogens is 507 g/mol. The van der Waals surface area contributed by atoms with Crippen LogP contribution < -0.4 is 10.6 Å². The first kappa shape index (κ1) is 25.1. The summed E-state index contributed by atoms with van der Waals surface area (Å²) in [5.41, 5.74) is 2.94. The molecule has 0 aliphatic carbocycles. The topological polar surface area (TPSA) is 83.8 Å². The zero-order chi connectivity index (χ0) is 21.3. The Morgan fingerprint density at radius 3 is 2.90 bits per heavy atom. The maximum atomic E-state index is 11.9. The number of hydrogen-bond acceptors (Lipinski definition) is 4. The number of nitrogens with zero attached hydrogens (tertiary/aromatic N) is 4. The van der Waals surface area contributed by atoms with Gasteiger partial charge in [0.05, 0.1) is 25.9 Å². The van der Waals surface area contributed by atoms with Gasteiger partial charge in [0, 0.05) is 44.0 Å². The van der Waals surface area contributed by atoms with Crippen molar-refractivity contribution < 1.29 is 9.53 Å². The van der Waals surface area contributed by atoms with Crippen LogP contribution in [-0.4, -0.2) is 52.8 Å². The van der Waals surface area contributed by atoms with Crippen LogP contribution in [0.2, 0.25) is 0 Å². The Morgan fingerprint density at radius 1 is 1.35 bits per heavy atom. The molecule has 31 heavy (non-hydrogen) atoms. The molecule has 1 fully saturated rings. The molecule has 170 valence electrons. The third-order valence-corrected chi connectivity index (χ3v) is 4.90. The molecule has 1 atom stereocenters. The van der Waals surface area contributed by atoms with Crippen molar-refractivity contribution in [3.63, 3.8) is 0 Å². The van der Waals surface area contributed by atoms with Gasteiger partial charge >= 0.3 is 0 Å². The second kappa shape index (κ2) is 12.7. The van der Waals surface area contributed by atoms with E-state index in [1.807, 2.05) is 50.6 Å². The summed E-state index contributed by atoms with van der Waals surface area (Å²) in [5, 5.41) is 10.6. The molecule has 1 saturated heterocycles. The second-order valence-electron chi connectivity index (χ2n) is 7.42. The van der Waals surface area contributed by atoms with Gasteiger partial charge < -0.3 is 20.3 Å². The summed E-state index contributed by atoms with van der Waals surface area (Å²) in [7, 11) is 1.91. The average Bonchev–Trinajstić information content (AvgIpc) is 3.18. The first-order valence-electron chi connectivity index (χ1n) is 10.6. The lowest BCUT2D eigenvalue weighted by atomic mass is 10.1. The molecule has 1 aromatic carbocycles. The van der Waals surface area contributed by atoms with Gasteiger partial charge in [-0.05, 0) is 31.0 Å². The Morgan fingerprint density at radius 2 is 2.19 bits per heavy atom. The van der Waals surface area contributed by atoms with Crippen molar-refractivity contribution in [2.24, 2.45) is 12.0 Å². The van der Waals surface area contributed by atoms with Gasteiger partial charge in [-0.3, -0.25) is 9.48 Å². The van der Waals surface area contributed by atoms with Gasteiger partial charge in [0.1, 0.15) is 6.10 Å². The summed E-state index contributed by atoms with van der Waals surface area (Å²) in [6, 6.07) is 7.87. The van der Waals surface area contributed by atoms with Crippen LogP contribution in [0.5, 0.6) is 0 Å². The number of hydrogen-bond donors (Lipinski definition) is 2. The lowest BCUT2D eigenvalue weighted by molar-refractivity contribution is -0.116. The number of nitrogens with one attached hydrogen (secondary N) is 2. The highest BCUT2D eigenvalue weighted by molar-refractivity contribution is 14.0. The fourth-order valence-corrected chi connectivity index (χ4v) is 3.44. The van der Waals surface area contributed by atoms with Crippen LogP contribution in [0.4, 0.5) is 5.69 Å². The predicted molar refractivity (Wildman–Crippen MR) is 134 cm³/mol. The largest absolute Gasteiger partial charge is 0.370 e. The number of carbonyl (C=O) groups excluding carboxylic acids is 1. The number of carbonyl (C=O) groups is 1. The number of rotatable bonds is 7. The molecule has 1 unspecified atom stereocenters. The summed E-state index contributed by atoms with van der Waals surface area (Å²) < 4.78 is 7.75. The molecule has 1 aliphatic rings. The van der Waals surface area contributed by atoms with Crippen LogP contribution in [0.3, 0.4) is 0 Å². The van der Waals surface area contributed by atoms with Gasteiger partial charge in [-0.15, -0.1) is 24.0 Å². The van der Waals surface area contributed by atoms with Crippen molar-refractivity contribution in [3.05, 3.63) is 47.8 Å². The Bertz CT molecular complexity index is 869. The van der Waals surface area contributed by atoms with Gasteiger partial charge in [-0.1, -0.05) is 19.1 Å². The van der Waals surface area contributed by atoms with Crippen LogP contribution >= 0.6 is 24.0 Å². The number of benzene rings is 1. The highest BCUT2D eigenvalue weighted by atomic mass is 127. The van der Waals surface area contributed by atoms with E-state index in [1.165, 1.54) is 0 Å². The average molecular weight is 540 g/mol. The second-order valence-corrected chi connectivity index (χ2v) is 7.42. The fraction of sp³-hybridized carbons (Fsp3) is 0.500. The van der Waals surface area contributed by atoms with Gasteiger partial charge in [0.15, 0.2) is 5.96 Å². The van der Waals surface area contributed by atoms with E-state index in [1.54, 1.807) is 4.68 Å². The number of aromatic nitrogens is 2. The zero-order valence-electron chi connectivity index (χ0n) is 18.5. The quantitative estimate of drug-likeness (QED) is 0.320. The maximum absolute atomic E-state index is 11.9. The molecule has 1 aliphatic heterocycles. The summed E-state index contributed by atoms with van der Waals surface area (Å²) in [6.45, 7) is 7.55. The van der Waals surface area contributed by atoms with E-state index in [9.17, 15) is 4.79 Å². The minimum Gasteiger partial charge on any atom is -0.370 e. The van der Waals surface area contributed by atoms with E-state index in [-0.39, 0.29) is 36.0 Å². The summed E-state index contributed by atoms with van der Waals surface area (Å²) >= 11 is 0. The normalized spacial score (nSPS) is 16.5. The van der Waals surface area contributed by atoms with Gasteiger partial charge in [-0.2, -0.15) is 5.10 Å². The number of halogens is 1. The third kappa shape index (κ3) is 7.49. The fourth-order valence-electron chi connectivity index (χ4n) is 3.44. The molecule has 0 spiro atoms. The number of guanidine groups is 1. The van der Waals surface area contributed by atoms with E-state index in [2.05, 4.69) is 27.6 Å². The zero-order valence-corrected chi connectivity index (χ0v) is 20.8. The highest BCUT2D eigenvalue weighted by Crippen LogP contribution is 2.22. The van der Waals surface area contributed by atoms with Gasteiger partial charge in [-0.25, -0.2) is 4.99 Å². The van der Waals surface area contributed by atoms with Gasteiger partial charge in [0.2, 0.25) is 5.91 Å². The number of aliphatic imine (C=N–C) groups is 1. The maximum Gasteiger partial charge on any atom is 0.224 e. The van der Waals surface area contributed by atoms with Crippen LogP contribution in [0.25, 0.3) is 0 Å². The number of ether oxygens (including phenoxy) is 1. The SMILES string of the molecule is CCCC(=O)Nc1cccc(CN=C(NCC)N2CCOC(c3cnn(C)c3)C2)c1.I. The molecule has 9 heteroatoms. The number of morpholine rings is 1. The smallest absolute Gasteiger partial charge is 0.224 e. The van der Waals surface area contributed by atoms with E-state index in [0.29, 0.717) is 19.6 Å². The molecule has 0 saturated carbocycles. The Labute approximate surface area is 201 Å². The van der Waals surface area contributed by atoms with Crippen molar-refractivity contribution in [1.82, 2.24) is 20.0 Å². The predicted octanol–water partition coefficient (Wildman–Crippen LogP) is 3.32. The van der Waals surface area contributed by atoms with E-state index in [4.69, 9.17) is 9.73 Å². The van der Waals surface area contributed by atoms with Gasteiger partial charge in [0.25, 0.3) is 0 Å². The minimum atomic E-state index is -0.0200. The molecule has 2 heterocycles. The molecule has 1 amide bonds. The Balaban J connectivity index is 0.00000341. The van der Waals surface area contributed by atoms with Crippen LogP contribution in [0.1, 0.15) is 43.9 Å². The van der Waals surface area contributed by atoms with E-state index in [0.717, 1.165) is 48.8 Å². The summed E-state index contributed by atoms with van der Waals surface area (Å²) in [4.78, 5) is 18.9. The first-order valence-corrected chi connectivity index (χ1v) is 10.6.